The van der Waals surface area contributed by atoms with Gasteiger partial charge in [0.15, 0.2) is 5.96 Å². The van der Waals surface area contributed by atoms with Crippen molar-refractivity contribution in [3.8, 4) is 10.6 Å². The summed E-state index contributed by atoms with van der Waals surface area (Å²) in [5.74, 6) is 0.551. The van der Waals surface area contributed by atoms with E-state index in [4.69, 9.17) is 5.73 Å². The molecule has 0 aliphatic heterocycles. The number of guanidine groups is 1. The molecule has 3 N–H and O–H groups in total. The van der Waals surface area contributed by atoms with E-state index in [-0.39, 0.29) is 0 Å². The van der Waals surface area contributed by atoms with Crippen LogP contribution in [0, 0.1) is 6.92 Å². The average Bonchev–Trinajstić information content (AvgIpc) is 3.08. The summed E-state index contributed by atoms with van der Waals surface area (Å²) in [6.45, 7) is 5.81. The van der Waals surface area contributed by atoms with Gasteiger partial charge in [-0.3, -0.25) is 4.99 Å². The number of nitrogens with two attached hydrogens (primary N) is 1. The Kier molecular flexibility index (Phi) is 6.20. The third-order valence-corrected chi connectivity index (χ3v) is 4.95. The molecule has 114 valence electrons. The number of nitrogens with one attached hydrogen (secondary N) is 1. The molecule has 2 heterocycles. The Labute approximate surface area is 134 Å². The first-order valence-electron chi connectivity index (χ1n) is 7.24. The molecule has 2 rings (SSSR count). The van der Waals surface area contributed by atoms with Gasteiger partial charge in [0.25, 0.3) is 0 Å². The van der Waals surface area contributed by atoms with Gasteiger partial charge in [0, 0.05) is 23.3 Å². The number of hydrogen-bond acceptors (Lipinski definition) is 4. The minimum atomic E-state index is 0.551. The third kappa shape index (κ3) is 5.13. The van der Waals surface area contributed by atoms with Gasteiger partial charge in [-0.1, -0.05) is 13.3 Å². The lowest BCUT2D eigenvalue weighted by atomic mass is 10.3. The van der Waals surface area contributed by atoms with Crippen molar-refractivity contribution in [1.29, 1.82) is 0 Å². The standard InChI is InChI=1S/C15H22N4S2/c1-3-4-8-17-15(16)18-9-7-12-5-6-14(21-12)13-10-20-11(2)19-13/h5-6,10H,3-4,7-9H2,1-2H3,(H3,16,17,18). The van der Waals surface area contributed by atoms with Crippen LogP contribution >= 0.6 is 22.7 Å². The van der Waals surface area contributed by atoms with Gasteiger partial charge in [-0.25, -0.2) is 4.98 Å². The number of aromatic nitrogens is 1. The van der Waals surface area contributed by atoms with Crippen LogP contribution in [0.25, 0.3) is 10.6 Å². The summed E-state index contributed by atoms with van der Waals surface area (Å²) >= 11 is 3.49. The molecule has 0 saturated heterocycles. The Morgan fingerprint density at radius 3 is 3.00 bits per heavy atom. The first-order chi connectivity index (χ1) is 10.2. The van der Waals surface area contributed by atoms with Crippen molar-refractivity contribution >= 4 is 28.6 Å². The number of aryl methyl sites for hydroxylation is 1. The quantitative estimate of drug-likeness (QED) is 0.466. The fraction of sp³-hybridized carbons (Fsp3) is 0.467. The molecule has 0 atom stereocenters. The first-order valence-corrected chi connectivity index (χ1v) is 8.93. The maximum atomic E-state index is 5.81. The van der Waals surface area contributed by atoms with E-state index in [1.165, 1.54) is 9.75 Å². The number of aliphatic imine (C=N–C) groups is 1. The van der Waals surface area contributed by atoms with E-state index < -0.39 is 0 Å². The lowest BCUT2D eigenvalue weighted by molar-refractivity contribution is 0.792. The number of hydrogen-bond donors (Lipinski definition) is 2. The van der Waals surface area contributed by atoms with Crippen LogP contribution < -0.4 is 11.1 Å². The molecule has 21 heavy (non-hydrogen) atoms. The number of thiazole rings is 1. The average molecular weight is 323 g/mol. The van der Waals surface area contributed by atoms with Gasteiger partial charge in [0.2, 0.25) is 0 Å². The fourth-order valence-electron chi connectivity index (χ4n) is 1.85. The highest BCUT2D eigenvalue weighted by molar-refractivity contribution is 7.16. The molecule has 0 unspecified atom stereocenters. The summed E-state index contributed by atoms with van der Waals surface area (Å²) in [6, 6.07) is 4.31. The summed E-state index contributed by atoms with van der Waals surface area (Å²) < 4.78 is 0. The second kappa shape index (κ2) is 8.14. The van der Waals surface area contributed by atoms with Crippen molar-refractivity contribution in [3.05, 3.63) is 27.4 Å². The van der Waals surface area contributed by atoms with E-state index in [0.717, 1.165) is 43.1 Å². The Hall–Kier alpha value is -1.40. The second-order valence-corrected chi connectivity index (χ2v) is 7.05. The maximum Gasteiger partial charge on any atom is 0.188 e. The third-order valence-electron chi connectivity index (χ3n) is 3.00. The van der Waals surface area contributed by atoms with Gasteiger partial charge in [-0.15, -0.1) is 22.7 Å². The van der Waals surface area contributed by atoms with Crippen LogP contribution in [0.2, 0.25) is 0 Å². The van der Waals surface area contributed by atoms with Crippen molar-refractivity contribution < 1.29 is 0 Å². The van der Waals surface area contributed by atoms with E-state index in [0.29, 0.717) is 5.96 Å². The Bertz CT molecular complexity index is 586. The molecule has 0 fully saturated rings. The van der Waals surface area contributed by atoms with Crippen LogP contribution in [0.3, 0.4) is 0 Å². The lowest BCUT2D eigenvalue weighted by Gasteiger charge is -2.04. The van der Waals surface area contributed by atoms with Crippen molar-refractivity contribution in [1.82, 2.24) is 10.3 Å². The minimum absolute atomic E-state index is 0.551. The molecule has 2 aromatic rings. The Balaban J connectivity index is 1.79. The molecular weight excluding hydrogens is 300 g/mol. The van der Waals surface area contributed by atoms with Crippen molar-refractivity contribution in [2.75, 3.05) is 13.1 Å². The smallest absolute Gasteiger partial charge is 0.188 e. The zero-order valence-electron chi connectivity index (χ0n) is 12.6. The highest BCUT2D eigenvalue weighted by atomic mass is 32.1. The van der Waals surface area contributed by atoms with E-state index in [1.807, 2.05) is 6.92 Å². The largest absolute Gasteiger partial charge is 0.370 e. The second-order valence-electron chi connectivity index (χ2n) is 4.82. The van der Waals surface area contributed by atoms with E-state index >= 15 is 0 Å². The van der Waals surface area contributed by atoms with Crippen LogP contribution in [0.5, 0.6) is 0 Å². The normalized spacial score (nSPS) is 11.8. The predicted molar refractivity (Wildman–Crippen MR) is 93.3 cm³/mol. The molecule has 0 aliphatic rings. The molecule has 4 nitrogen and oxygen atoms in total. The van der Waals surface area contributed by atoms with Gasteiger partial charge in [-0.2, -0.15) is 0 Å². The molecular formula is C15H22N4S2. The zero-order valence-corrected chi connectivity index (χ0v) is 14.2. The van der Waals surface area contributed by atoms with Crippen LogP contribution in [0.1, 0.15) is 29.7 Å². The topological polar surface area (TPSA) is 63.3 Å². The molecule has 0 radical (unpaired) electrons. The molecule has 0 bridgehead atoms. The molecule has 0 spiro atoms. The lowest BCUT2D eigenvalue weighted by Crippen LogP contribution is -2.33. The summed E-state index contributed by atoms with van der Waals surface area (Å²) in [7, 11) is 0. The van der Waals surface area contributed by atoms with Crippen molar-refractivity contribution in [2.45, 2.75) is 33.1 Å². The summed E-state index contributed by atoms with van der Waals surface area (Å²) in [6.07, 6.45) is 3.19. The van der Waals surface area contributed by atoms with Gasteiger partial charge in [-0.05, 0) is 31.9 Å². The van der Waals surface area contributed by atoms with Gasteiger partial charge in [0.1, 0.15) is 0 Å². The van der Waals surface area contributed by atoms with Crippen molar-refractivity contribution in [2.24, 2.45) is 10.7 Å². The fourth-order valence-corrected chi connectivity index (χ4v) is 3.51. The highest BCUT2D eigenvalue weighted by Crippen LogP contribution is 2.29. The number of thiophene rings is 1. The van der Waals surface area contributed by atoms with Crippen LogP contribution in [0.15, 0.2) is 22.5 Å². The molecule has 0 aromatic carbocycles. The summed E-state index contributed by atoms with van der Waals surface area (Å²) in [5, 5.41) is 6.39. The van der Waals surface area contributed by atoms with E-state index in [1.54, 1.807) is 22.7 Å². The van der Waals surface area contributed by atoms with Crippen LogP contribution in [-0.2, 0) is 6.42 Å². The number of unbranched alkanes of at least 4 members (excludes halogenated alkanes) is 1. The van der Waals surface area contributed by atoms with E-state index in [2.05, 4.69) is 39.7 Å². The highest BCUT2D eigenvalue weighted by Gasteiger charge is 2.06. The molecule has 0 saturated carbocycles. The molecule has 2 aromatic heterocycles. The number of rotatable bonds is 7. The van der Waals surface area contributed by atoms with Gasteiger partial charge in [0.05, 0.1) is 15.6 Å². The maximum absolute atomic E-state index is 5.81. The number of nitrogens with zero attached hydrogens (tertiary/aromatic N) is 2. The minimum Gasteiger partial charge on any atom is -0.370 e. The summed E-state index contributed by atoms with van der Waals surface area (Å²) in [4.78, 5) is 11.4. The Morgan fingerprint density at radius 2 is 2.29 bits per heavy atom. The Morgan fingerprint density at radius 1 is 1.43 bits per heavy atom. The van der Waals surface area contributed by atoms with Crippen LogP contribution in [-0.4, -0.2) is 24.0 Å². The zero-order chi connectivity index (χ0) is 15.1. The summed E-state index contributed by atoms with van der Waals surface area (Å²) in [5.41, 5.74) is 6.90. The predicted octanol–water partition coefficient (Wildman–Crippen LogP) is 3.43. The van der Waals surface area contributed by atoms with E-state index in [9.17, 15) is 0 Å². The van der Waals surface area contributed by atoms with Gasteiger partial charge < -0.3 is 11.1 Å². The molecule has 6 heteroatoms. The monoisotopic (exact) mass is 322 g/mol. The molecule has 0 aliphatic carbocycles. The van der Waals surface area contributed by atoms with Crippen LogP contribution in [0.4, 0.5) is 0 Å². The SMILES string of the molecule is CCCCN=C(N)NCCc1ccc(-c2csc(C)n2)s1. The molecule has 0 amide bonds. The van der Waals surface area contributed by atoms with Gasteiger partial charge >= 0.3 is 0 Å². The first kappa shape index (κ1) is 16.0. The van der Waals surface area contributed by atoms with Crippen molar-refractivity contribution in [3.63, 3.8) is 0 Å².